The number of hydrogen-bond donors (Lipinski definition) is 1. The predicted octanol–water partition coefficient (Wildman–Crippen LogP) is 2.60. The zero-order valence-corrected chi connectivity index (χ0v) is 15.1. The van der Waals surface area contributed by atoms with Crippen LogP contribution in [0.4, 0.5) is 5.69 Å². The SMILES string of the molecule is Cc1ccc2c(c1)N(C(=O)CCC(=O)NCc1cccnc1)C[C@@H](C)O2. The van der Waals surface area contributed by atoms with Crippen molar-refractivity contribution >= 4 is 17.5 Å². The van der Waals surface area contributed by atoms with E-state index in [1.165, 1.54) is 0 Å². The van der Waals surface area contributed by atoms with E-state index in [4.69, 9.17) is 4.74 Å². The Morgan fingerprint density at radius 2 is 2.15 bits per heavy atom. The van der Waals surface area contributed by atoms with Crippen LogP contribution in [0.2, 0.25) is 0 Å². The minimum Gasteiger partial charge on any atom is -0.487 e. The molecule has 1 atom stereocenters. The standard InChI is InChI=1S/C20H23N3O3/c1-14-5-6-18-17(10-14)23(13-15(2)26-18)20(25)8-7-19(24)22-12-16-4-3-9-21-11-16/h3-6,9-11,15H,7-8,12-13H2,1-2H3,(H,22,24)/t15-/m1/s1. The molecule has 6 heteroatoms. The van der Waals surface area contributed by atoms with E-state index in [-0.39, 0.29) is 30.8 Å². The van der Waals surface area contributed by atoms with Crippen molar-refractivity contribution in [3.05, 3.63) is 53.9 Å². The summed E-state index contributed by atoms with van der Waals surface area (Å²) in [4.78, 5) is 30.5. The molecule has 0 radical (unpaired) electrons. The number of amides is 2. The van der Waals surface area contributed by atoms with Crippen molar-refractivity contribution < 1.29 is 14.3 Å². The first-order chi connectivity index (χ1) is 12.5. The van der Waals surface area contributed by atoms with Gasteiger partial charge in [-0.15, -0.1) is 0 Å². The Labute approximate surface area is 153 Å². The highest BCUT2D eigenvalue weighted by atomic mass is 16.5. The highest BCUT2D eigenvalue weighted by Gasteiger charge is 2.27. The summed E-state index contributed by atoms with van der Waals surface area (Å²) in [5.74, 6) is 0.500. The molecular formula is C20H23N3O3. The minimum atomic E-state index is -0.145. The lowest BCUT2D eigenvalue weighted by atomic mass is 10.1. The molecule has 0 aliphatic carbocycles. The fraction of sp³-hybridized carbons (Fsp3) is 0.350. The maximum Gasteiger partial charge on any atom is 0.227 e. The number of rotatable bonds is 5. The zero-order valence-electron chi connectivity index (χ0n) is 15.1. The third-order valence-electron chi connectivity index (χ3n) is 4.25. The van der Waals surface area contributed by atoms with E-state index in [2.05, 4.69) is 10.3 Å². The number of anilines is 1. The summed E-state index contributed by atoms with van der Waals surface area (Å²) in [5.41, 5.74) is 2.77. The van der Waals surface area contributed by atoms with E-state index in [9.17, 15) is 9.59 Å². The molecular weight excluding hydrogens is 330 g/mol. The molecule has 2 heterocycles. The Hall–Kier alpha value is -2.89. The van der Waals surface area contributed by atoms with E-state index in [0.29, 0.717) is 18.8 Å². The number of carbonyl (C=O) groups is 2. The molecule has 1 aromatic carbocycles. The minimum absolute atomic E-state index is 0.0662. The van der Waals surface area contributed by atoms with Crippen molar-refractivity contribution in [2.45, 2.75) is 39.3 Å². The van der Waals surface area contributed by atoms with Crippen molar-refractivity contribution in [1.29, 1.82) is 0 Å². The van der Waals surface area contributed by atoms with Crippen LogP contribution in [0.15, 0.2) is 42.7 Å². The molecule has 2 aromatic rings. The summed E-state index contributed by atoms with van der Waals surface area (Å²) >= 11 is 0. The third kappa shape index (κ3) is 4.39. The van der Waals surface area contributed by atoms with Crippen LogP contribution >= 0.6 is 0 Å². The molecule has 0 spiro atoms. The normalized spacial score (nSPS) is 15.8. The van der Waals surface area contributed by atoms with Crippen LogP contribution in [0.25, 0.3) is 0 Å². The Bertz CT molecular complexity index is 792. The maximum absolute atomic E-state index is 12.7. The van der Waals surface area contributed by atoms with Crippen LogP contribution in [0.3, 0.4) is 0 Å². The van der Waals surface area contributed by atoms with Gasteiger partial charge in [-0.1, -0.05) is 12.1 Å². The molecule has 2 amide bonds. The molecule has 1 aliphatic heterocycles. The van der Waals surface area contributed by atoms with Crippen LogP contribution in [-0.4, -0.2) is 29.4 Å². The lowest BCUT2D eigenvalue weighted by Crippen LogP contribution is -2.42. The lowest BCUT2D eigenvalue weighted by molar-refractivity contribution is -0.125. The first-order valence-corrected chi connectivity index (χ1v) is 8.76. The molecule has 1 aromatic heterocycles. The first-order valence-electron chi connectivity index (χ1n) is 8.76. The second-order valence-electron chi connectivity index (χ2n) is 6.54. The lowest BCUT2D eigenvalue weighted by Gasteiger charge is -2.33. The summed E-state index contributed by atoms with van der Waals surface area (Å²) in [6.45, 7) is 4.82. The van der Waals surface area contributed by atoms with E-state index in [1.54, 1.807) is 17.3 Å². The molecule has 0 saturated carbocycles. The van der Waals surface area contributed by atoms with Gasteiger partial charge in [-0.05, 0) is 43.2 Å². The summed E-state index contributed by atoms with van der Waals surface area (Å²) in [5, 5.41) is 2.82. The van der Waals surface area contributed by atoms with E-state index in [1.807, 2.05) is 44.2 Å². The number of aromatic nitrogens is 1. The Balaban J connectivity index is 1.56. The van der Waals surface area contributed by atoms with Gasteiger partial charge < -0.3 is 15.0 Å². The molecule has 0 unspecified atom stereocenters. The number of pyridine rings is 1. The second-order valence-corrected chi connectivity index (χ2v) is 6.54. The number of nitrogens with zero attached hydrogens (tertiary/aromatic N) is 2. The smallest absolute Gasteiger partial charge is 0.227 e. The molecule has 0 saturated heterocycles. The average molecular weight is 353 g/mol. The molecule has 0 bridgehead atoms. The fourth-order valence-electron chi connectivity index (χ4n) is 2.93. The van der Waals surface area contributed by atoms with Gasteiger partial charge >= 0.3 is 0 Å². The van der Waals surface area contributed by atoms with Crippen molar-refractivity contribution in [1.82, 2.24) is 10.3 Å². The first kappa shape index (κ1) is 17.9. The highest BCUT2D eigenvalue weighted by Crippen LogP contribution is 2.34. The molecule has 6 nitrogen and oxygen atoms in total. The number of fused-ring (bicyclic) bond motifs is 1. The van der Waals surface area contributed by atoms with Crippen LogP contribution in [-0.2, 0) is 16.1 Å². The number of nitrogens with one attached hydrogen (secondary N) is 1. The Morgan fingerprint density at radius 3 is 2.92 bits per heavy atom. The molecule has 1 aliphatic rings. The summed E-state index contributed by atoms with van der Waals surface area (Å²) < 4.78 is 5.80. The van der Waals surface area contributed by atoms with Crippen molar-refractivity contribution in [3.63, 3.8) is 0 Å². The molecule has 0 fully saturated rings. The number of carbonyl (C=O) groups excluding carboxylic acids is 2. The van der Waals surface area contributed by atoms with Gasteiger partial charge in [-0.2, -0.15) is 0 Å². The number of hydrogen-bond acceptors (Lipinski definition) is 4. The van der Waals surface area contributed by atoms with Gasteiger partial charge in [-0.3, -0.25) is 14.6 Å². The van der Waals surface area contributed by atoms with Gasteiger partial charge in [-0.25, -0.2) is 0 Å². The topological polar surface area (TPSA) is 71.5 Å². The maximum atomic E-state index is 12.7. The molecule has 1 N–H and O–H groups in total. The van der Waals surface area contributed by atoms with Crippen LogP contribution in [0.1, 0.15) is 30.9 Å². The summed E-state index contributed by atoms with van der Waals surface area (Å²) in [7, 11) is 0. The fourth-order valence-corrected chi connectivity index (χ4v) is 2.93. The van der Waals surface area contributed by atoms with E-state index < -0.39 is 0 Å². The second kappa shape index (κ2) is 7.99. The monoisotopic (exact) mass is 353 g/mol. The Morgan fingerprint density at radius 1 is 1.31 bits per heavy atom. The molecule has 26 heavy (non-hydrogen) atoms. The highest BCUT2D eigenvalue weighted by molar-refractivity contribution is 5.97. The summed E-state index contributed by atoms with van der Waals surface area (Å²) in [6, 6.07) is 9.52. The molecule has 3 rings (SSSR count). The zero-order chi connectivity index (χ0) is 18.5. The Kier molecular flexibility index (Phi) is 5.51. The van der Waals surface area contributed by atoms with Crippen LogP contribution < -0.4 is 15.0 Å². The van der Waals surface area contributed by atoms with Crippen molar-refractivity contribution in [2.75, 3.05) is 11.4 Å². The van der Waals surface area contributed by atoms with Gasteiger partial charge in [0.15, 0.2) is 0 Å². The van der Waals surface area contributed by atoms with Crippen molar-refractivity contribution in [2.24, 2.45) is 0 Å². The quantitative estimate of drug-likeness (QED) is 0.897. The number of ether oxygens (including phenoxy) is 1. The van der Waals surface area contributed by atoms with Gasteiger partial charge in [0.2, 0.25) is 11.8 Å². The van der Waals surface area contributed by atoms with Gasteiger partial charge in [0.25, 0.3) is 0 Å². The van der Waals surface area contributed by atoms with Crippen LogP contribution in [0.5, 0.6) is 5.75 Å². The van der Waals surface area contributed by atoms with E-state index >= 15 is 0 Å². The third-order valence-corrected chi connectivity index (χ3v) is 4.25. The summed E-state index contributed by atoms with van der Waals surface area (Å²) in [6.07, 6.45) is 3.64. The van der Waals surface area contributed by atoms with Gasteiger partial charge in [0.05, 0.1) is 12.2 Å². The van der Waals surface area contributed by atoms with Crippen LogP contribution in [0, 0.1) is 6.92 Å². The molecule has 136 valence electrons. The number of aryl methyl sites for hydroxylation is 1. The van der Waals surface area contributed by atoms with Gasteiger partial charge in [0, 0.05) is 31.8 Å². The van der Waals surface area contributed by atoms with Gasteiger partial charge in [0.1, 0.15) is 11.9 Å². The number of benzene rings is 1. The average Bonchev–Trinajstić information content (AvgIpc) is 2.65. The van der Waals surface area contributed by atoms with E-state index in [0.717, 1.165) is 16.8 Å². The predicted molar refractivity (Wildman–Crippen MR) is 98.9 cm³/mol. The van der Waals surface area contributed by atoms with Crippen molar-refractivity contribution in [3.8, 4) is 5.75 Å². The largest absolute Gasteiger partial charge is 0.487 e.